The Bertz CT molecular complexity index is 594. The summed E-state index contributed by atoms with van der Waals surface area (Å²) in [6.07, 6.45) is 3.07. The zero-order valence-electron chi connectivity index (χ0n) is 9.64. The lowest BCUT2D eigenvalue weighted by Crippen LogP contribution is -2.32. The van der Waals surface area contributed by atoms with Crippen LogP contribution in [0, 0.1) is 0 Å². The second-order valence-corrected chi connectivity index (χ2v) is 6.28. The largest absolute Gasteiger partial charge is 0.276 e. The summed E-state index contributed by atoms with van der Waals surface area (Å²) >= 11 is 10.8. The van der Waals surface area contributed by atoms with E-state index in [9.17, 15) is 9.59 Å². The van der Waals surface area contributed by atoms with Crippen molar-refractivity contribution in [2.75, 3.05) is 0 Å². The predicted molar refractivity (Wildman–Crippen MR) is 76.7 cm³/mol. The fourth-order valence-corrected chi connectivity index (χ4v) is 3.22. The average molecular weight is 311 g/mol. The molecule has 4 nitrogen and oxygen atoms in total. The number of hydrogen-bond donors (Lipinski definition) is 0. The van der Waals surface area contributed by atoms with Crippen LogP contribution in [0.25, 0.3) is 0 Å². The van der Waals surface area contributed by atoms with Gasteiger partial charge in [-0.05, 0) is 47.5 Å². The lowest BCUT2D eigenvalue weighted by Gasteiger charge is -2.02. The van der Waals surface area contributed by atoms with Crippen molar-refractivity contribution >= 4 is 53.8 Å². The van der Waals surface area contributed by atoms with Gasteiger partial charge in [-0.3, -0.25) is 19.6 Å². The Balaban J connectivity index is 2.26. The molecular weight excluding hydrogens is 303 g/mol. The molecule has 0 aliphatic carbocycles. The molecule has 0 unspecified atom stereocenters. The Kier molecular flexibility index (Phi) is 4.42. The van der Waals surface area contributed by atoms with Crippen LogP contribution < -0.4 is 10.6 Å². The number of nitrogens with zero attached hydrogens (tertiary/aromatic N) is 2. The third kappa shape index (κ3) is 3.70. The normalized spacial score (nSPS) is 10.2. The number of carbonyl (C=O) groups is 2. The van der Waals surface area contributed by atoms with E-state index in [2.05, 4.69) is 9.97 Å². The molecule has 0 aliphatic heterocycles. The third-order valence-corrected chi connectivity index (χ3v) is 4.38. The first-order chi connectivity index (χ1) is 9.06. The van der Waals surface area contributed by atoms with Crippen LogP contribution in [0.2, 0.25) is 0 Å². The van der Waals surface area contributed by atoms with Gasteiger partial charge in [0, 0.05) is 34.2 Å². The van der Waals surface area contributed by atoms with Crippen molar-refractivity contribution in [1.29, 1.82) is 0 Å². The molecule has 0 saturated heterocycles. The maximum atomic E-state index is 11.1. The summed E-state index contributed by atoms with van der Waals surface area (Å²) < 4.78 is 0. The van der Waals surface area contributed by atoms with Gasteiger partial charge in [-0.15, -0.1) is 0 Å². The molecule has 0 amide bonds. The second kappa shape index (κ2) is 6.05. The molecule has 7 heteroatoms. The van der Waals surface area contributed by atoms with Crippen molar-refractivity contribution in [3.63, 3.8) is 0 Å². The van der Waals surface area contributed by atoms with Crippen molar-refractivity contribution in [3.8, 4) is 0 Å². The van der Waals surface area contributed by atoms with Crippen LogP contribution in [-0.2, 0) is 0 Å². The molecule has 0 aliphatic rings. The highest BCUT2D eigenvalue weighted by Gasteiger charge is 2.08. The fourth-order valence-electron chi connectivity index (χ4n) is 1.58. The van der Waals surface area contributed by atoms with Crippen LogP contribution in [0.4, 0.5) is 0 Å². The number of aromatic nitrogens is 2. The third-order valence-electron chi connectivity index (χ3n) is 2.45. The fraction of sp³-hybridized carbons (Fsp3) is 0. The molecule has 0 atom stereocenters. The monoisotopic (exact) mass is 310 g/mol. The van der Waals surface area contributed by atoms with Gasteiger partial charge in [-0.25, -0.2) is 0 Å². The van der Waals surface area contributed by atoms with Crippen molar-refractivity contribution < 1.29 is 9.59 Å². The summed E-state index contributed by atoms with van der Waals surface area (Å²) in [5.74, 6) is 0. The summed E-state index contributed by atoms with van der Waals surface area (Å²) in [4.78, 5) is 30.5. The van der Waals surface area contributed by atoms with Gasteiger partial charge in [0.15, 0.2) is 0 Å². The zero-order valence-corrected chi connectivity index (χ0v) is 12.6. The molecule has 2 aromatic rings. The lowest BCUT2D eigenvalue weighted by atomic mass is 10.3. The van der Waals surface area contributed by atoms with Crippen molar-refractivity contribution in [2.24, 2.45) is 0 Å². The van der Waals surface area contributed by atoms with E-state index in [1.54, 1.807) is 24.3 Å². The maximum absolute atomic E-state index is 11.1. The highest BCUT2D eigenvalue weighted by molar-refractivity contribution is 6.70. The van der Waals surface area contributed by atoms with Gasteiger partial charge < -0.3 is 0 Å². The average Bonchev–Trinajstić information content (AvgIpc) is 2.39. The van der Waals surface area contributed by atoms with Gasteiger partial charge in [0.05, 0.1) is 0 Å². The molecule has 0 aromatic carbocycles. The topological polar surface area (TPSA) is 59.9 Å². The van der Waals surface area contributed by atoms with Gasteiger partial charge in [-0.1, -0.05) is 0 Å². The zero-order chi connectivity index (χ0) is 13.8. The molecule has 2 aromatic heterocycles. The minimum absolute atomic E-state index is 0.406. The number of hydrogen-bond acceptors (Lipinski definition) is 4. The molecule has 0 radical (unpaired) electrons. The van der Waals surface area contributed by atoms with Gasteiger partial charge in [0.1, 0.15) is 9.52 Å². The highest BCUT2D eigenvalue weighted by atomic mass is 35.5. The summed E-state index contributed by atoms with van der Waals surface area (Å²) in [6.45, 7) is 0. The number of carbonyl (C=O) groups excluding carboxylic acids is 2. The molecule has 0 fully saturated rings. The molecule has 0 saturated carbocycles. The van der Waals surface area contributed by atoms with Gasteiger partial charge in [-0.2, -0.15) is 0 Å². The first-order valence-electron chi connectivity index (χ1n) is 5.36. The highest BCUT2D eigenvalue weighted by Crippen LogP contribution is 2.01. The van der Waals surface area contributed by atoms with Gasteiger partial charge in [0.25, 0.3) is 10.5 Å². The van der Waals surface area contributed by atoms with Crippen LogP contribution in [-0.4, -0.2) is 30.0 Å². The van der Waals surface area contributed by atoms with E-state index in [0.29, 0.717) is 11.1 Å². The maximum Gasteiger partial charge on any atom is 0.252 e. The molecule has 19 heavy (non-hydrogen) atoms. The Labute approximate surface area is 121 Å². The lowest BCUT2D eigenvalue weighted by molar-refractivity contribution is 0.107. The van der Waals surface area contributed by atoms with Crippen LogP contribution in [0.1, 0.15) is 20.7 Å². The molecule has 96 valence electrons. The van der Waals surface area contributed by atoms with Crippen molar-refractivity contribution in [1.82, 2.24) is 9.97 Å². The molecule has 0 bridgehead atoms. The van der Waals surface area contributed by atoms with Crippen molar-refractivity contribution in [3.05, 3.63) is 47.8 Å². The minimum atomic E-state index is -0.985. The molecular formula is C12H8Cl2N2O2Si. The molecule has 0 N–H and O–H groups in total. The van der Waals surface area contributed by atoms with E-state index in [4.69, 9.17) is 23.2 Å². The van der Waals surface area contributed by atoms with Crippen LogP contribution in [0.15, 0.2) is 36.7 Å². The van der Waals surface area contributed by atoms with E-state index in [1.165, 1.54) is 12.4 Å². The summed E-state index contributed by atoms with van der Waals surface area (Å²) in [5, 5.41) is 0.516. The number of halogens is 2. The summed E-state index contributed by atoms with van der Waals surface area (Å²) in [5.41, 5.74) is 0.812. The van der Waals surface area contributed by atoms with Crippen LogP contribution >= 0.6 is 23.2 Å². The van der Waals surface area contributed by atoms with Crippen molar-refractivity contribution in [2.45, 2.75) is 0 Å². The number of rotatable bonds is 4. The molecule has 2 heterocycles. The second-order valence-electron chi connectivity index (χ2n) is 3.80. The Morgan fingerprint density at radius 3 is 1.68 bits per heavy atom. The predicted octanol–water partition coefficient (Wildman–Crippen LogP) is 0.354. The van der Waals surface area contributed by atoms with Crippen LogP contribution in [0.5, 0.6) is 0 Å². The smallest absolute Gasteiger partial charge is 0.252 e. The Hall–Kier alpha value is -1.56. The SMILES string of the molecule is O=C(Cl)c1ccnc([SiH2]c2cc(C(=O)Cl)ccn2)c1. The van der Waals surface area contributed by atoms with E-state index in [-0.39, 0.29) is 0 Å². The molecule has 2 rings (SSSR count). The van der Waals surface area contributed by atoms with E-state index in [0.717, 1.165) is 10.6 Å². The minimum Gasteiger partial charge on any atom is -0.276 e. The Morgan fingerprint density at radius 1 is 0.895 bits per heavy atom. The number of pyridine rings is 2. The van der Waals surface area contributed by atoms with E-state index in [1.807, 2.05) is 0 Å². The van der Waals surface area contributed by atoms with Crippen LogP contribution in [0.3, 0.4) is 0 Å². The van der Waals surface area contributed by atoms with Gasteiger partial charge in [0.2, 0.25) is 0 Å². The first kappa shape index (κ1) is 13.9. The van der Waals surface area contributed by atoms with E-state index >= 15 is 0 Å². The standard InChI is InChI=1S/C12H8Cl2N2O2Si/c13-11(17)7-1-3-15-9(5-7)19-10-6-8(12(14)18)2-4-16-10/h1-6H,19H2. The summed E-state index contributed by atoms with van der Waals surface area (Å²) in [7, 11) is -0.985. The first-order valence-corrected chi connectivity index (χ1v) is 7.53. The quantitative estimate of drug-likeness (QED) is 0.604. The van der Waals surface area contributed by atoms with E-state index < -0.39 is 20.0 Å². The van der Waals surface area contributed by atoms with Gasteiger partial charge >= 0.3 is 0 Å². The summed E-state index contributed by atoms with van der Waals surface area (Å²) in [6, 6.07) is 6.41. The Morgan fingerprint density at radius 2 is 1.32 bits per heavy atom. The molecule has 0 spiro atoms.